The second-order valence-corrected chi connectivity index (χ2v) is 55.6. The summed E-state index contributed by atoms with van der Waals surface area (Å²) in [5.41, 5.74) is 0. The molecule has 0 amide bonds. The molecule has 12 aromatic carbocycles. The van der Waals surface area contributed by atoms with Crippen molar-refractivity contribution in [3.05, 3.63) is 291 Å². The zero-order valence-corrected chi connectivity index (χ0v) is 119. The molecule has 0 saturated heterocycles. The maximum Gasteiger partial charge on any atom is 1.00 e. The van der Waals surface area contributed by atoms with Gasteiger partial charge >= 0.3 is 424 Å². The molecule has 0 fully saturated rings. The van der Waals surface area contributed by atoms with Gasteiger partial charge < -0.3 is 54.6 Å². The van der Waals surface area contributed by atoms with Crippen LogP contribution < -0.4 is 418 Å². The SMILES string of the molecule is O=S(=O)([O-])c1cccc(P(c2cccc(S(=O)(=O)[O-])c2)c2cccc(S(=O)(=O)[O-])c2)c1.O=S(=O)([O-])c1cccc(P(c2cccc(S(=O)(=O)[O-])c2)c2cccc(S(=O)(=O)[O-])c2)c1.O=S(=O)([O-])c1cccc(P(c2cccc(S(=O)(=O)[O-])c2)c2cccc(S(=O)(=O)[O-])c2)c1.O=S(=O)([O-])c1cccc(P(c2cccc(S(=O)(=O)[O-])c2)c2cccc(S(=O)(=O)[O-])c2)c1.[Cl][Ru][Cl].[Cl][Ru][Cl].[Na+].[Na+].[Na+].[Na+].[Na+].[Na+].[Na+].[Na+].[Na+].[Na+].[Na+].[Na+]. The molecule has 0 bridgehead atoms. The topological polar surface area (TPSA) is 686 Å². The van der Waals surface area contributed by atoms with Crippen LogP contribution in [-0.4, -0.2) is 156 Å². The van der Waals surface area contributed by atoms with Gasteiger partial charge in [0.1, 0.15) is 121 Å². The summed E-state index contributed by atoms with van der Waals surface area (Å²) in [4.78, 5) is -6.53. The first-order valence-corrected chi connectivity index (χ1v) is 64.7. The molecule has 0 aliphatic carbocycles. The fourth-order valence-electron chi connectivity index (χ4n) is 11.1. The number of benzene rings is 12. The van der Waals surface area contributed by atoms with Crippen LogP contribution in [-0.2, 0) is 152 Å². The molecule has 0 atom stereocenters. The quantitative estimate of drug-likeness (QED) is 0.0308. The van der Waals surface area contributed by atoms with E-state index in [1.54, 1.807) is 0 Å². The van der Waals surface area contributed by atoms with Crippen LogP contribution >= 0.6 is 70.5 Å². The maximum atomic E-state index is 11.5. The van der Waals surface area contributed by atoms with Crippen LogP contribution in [0.25, 0.3) is 0 Å². The van der Waals surface area contributed by atoms with Gasteiger partial charge in [-0.2, -0.15) is 0 Å². The number of rotatable bonds is 24. The summed E-state index contributed by atoms with van der Waals surface area (Å²) in [5, 5.41) is 3.09. The van der Waals surface area contributed by atoms with Crippen LogP contribution in [0.4, 0.5) is 0 Å². The van der Waals surface area contributed by atoms with E-state index < -0.39 is 212 Å². The minimum atomic E-state index is -4.82. The Bertz CT molecular complexity index is 6180. The Morgan fingerprint density at radius 1 is 0.141 bits per heavy atom. The molecule has 12 rings (SSSR count). The summed E-state index contributed by atoms with van der Waals surface area (Å²) in [6.07, 6.45) is 0. The Morgan fingerprint density at radius 2 is 0.197 bits per heavy atom. The first-order chi connectivity index (χ1) is 59.9. The largest absolute Gasteiger partial charge is 1.00 e. The van der Waals surface area contributed by atoms with E-state index in [9.17, 15) is 156 Å². The minimum absolute atomic E-state index is 0. The van der Waals surface area contributed by atoms with Gasteiger partial charge in [-0.1, -0.05) is 146 Å². The van der Waals surface area contributed by atoms with Crippen molar-refractivity contribution in [3.8, 4) is 0 Å². The molecular weight excluding hydrogens is 2570 g/mol. The van der Waals surface area contributed by atoms with Crippen molar-refractivity contribution in [2.75, 3.05) is 0 Å². The summed E-state index contributed by atoms with van der Waals surface area (Å²) in [7, 11) is -45.8. The predicted molar refractivity (Wildman–Crippen MR) is 460 cm³/mol. The molecule has 0 spiro atoms. The molecule has 142 heavy (non-hydrogen) atoms. The average Bonchev–Trinajstić information content (AvgIpc) is 0.791. The Balaban J connectivity index is -0.000000414. The molecule has 0 aliphatic rings. The zero-order valence-electron chi connectivity index (χ0n) is 75.3. The summed E-state index contributed by atoms with van der Waals surface area (Å²) >= 11 is -0.691. The first kappa shape index (κ1) is 158. The molecule has 0 N–H and O–H groups in total. The number of hydrogen-bond acceptors (Lipinski definition) is 36. The number of hydrogen-bond donors (Lipinski definition) is 0. The van der Waals surface area contributed by atoms with Gasteiger partial charge in [-0.25, -0.2) is 101 Å². The van der Waals surface area contributed by atoms with Crippen LogP contribution in [0.1, 0.15) is 0 Å². The summed E-state index contributed by atoms with van der Waals surface area (Å²) < 4.78 is 413. The molecule has 12 aromatic rings. The summed E-state index contributed by atoms with van der Waals surface area (Å²) in [5.74, 6) is 0. The third kappa shape index (κ3) is 50.5. The normalized spacial score (nSPS) is 11.5. The van der Waals surface area contributed by atoms with Crippen molar-refractivity contribution in [2.45, 2.75) is 58.7 Å². The van der Waals surface area contributed by atoms with E-state index in [2.05, 4.69) is 0 Å². The fraction of sp³-hybridized carbons (Fsp3) is 0. The van der Waals surface area contributed by atoms with E-state index in [0.717, 1.165) is 146 Å². The Morgan fingerprint density at radius 3 is 0.246 bits per heavy atom. The van der Waals surface area contributed by atoms with Gasteiger partial charge in [-0.15, -0.1) is 0 Å². The number of halogens is 4. The fourth-order valence-corrected chi connectivity index (χ4v) is 28.0. The van der Waals surface area contributed by atoms with E-state index in [1.807, 2.05) is 0 Å². The monoisotopic (exact) mass is 2620 g/mol. The van der Waals surface area contributed by atoms with Crippen molar-refractivity contribution in [3.63, 3.8) is 0 Å². The van der Waals surface area contributed by atoms with E-state index in [0.29, 0.717) is 0 Å². The molecule has 36 nitrogen and oxygen atoms in total. The predicted octanol–water partition coefficient (Wildman–Crippen LogP) is -32.6. The first-order valence-electron chi connectivity index (χ1n) is 33.5. The van der Waals surface area contributed by atoms with Crippen molar-refractivity contribution in [1.82, 2.24) is 0 Å². The van der Waals surface area contributed by atoms with Crippen LogP contribution in [0, 0.1) is 0 Å². The van der Waals surface area contributed by atoms with Gasteiger partial charge in [-0.05, 0) is 241 Å². The maximum absolute atomic E-state index is 11.5. The molecule has 0 heterocycles. The van der Waals surface area contributed by atoms with Crippen LogP contribution in [0.3, 0.4) is 0 Å². The van der Waals surface area contributed by atoms with E-state index in [-0.39, 0.29) is 449 Å². The van der Waals surface area contributed by atoms with Crippen molar-refractivity contribution in [2.24, 2.45) is 0 Å². The molecule has 70 heteroatoms. The second-order valence-electron chi connectivity index (χ2n) is 24.9. The summed E-state index contributed by atoms with van der Waals surface area (Å²) in [6.45, 7) is 0. The van der Waals surface area contributed by atoms with Crippen LogP contribution in [0.15, 0.2) is 350 Å². The van der Waals surface area contributed by atoms with E-state index in [4.69, 9.17) is 38.8 Å². The molecule has 0 radical (unpaired) electrons. The van der Waals surface area contributed by atoms with E-state index >= 15 is 0 Å². The van der Waals surface area contributed by atoms with Crippen molar-refractivity contribution >= 4 is 256 Å². The van der Waals surface area contributed by atoms with Crippen LogP contribution in [0.2, 0.25) is 0 Å². The second kappa shape index (κ2) is 69.5. The van der Waals surface area contributed by atoms with Crippen molar-refractivity contribution < 1.29 is 541 Å². The Kier molecular flexibility index (Phi) is 77.4. The van der Waals surface area contributed by atoms with Gasteiger partial charge in [0.25, 0.3) is 0 Å². The van der Waals surface area contributed by atoms with Gasteiger partial charge in [0.05, 0.1) is 58.7 Å². The van der Waals surface area contributed by atoms with Gasteiger partial charge in [-0.3, -0.25) is 0 Å². The Labute approximate surface area is 1120 Å². The molecule has 0 unspecified atom stereocenters. The minimum Gasteiger partial charge on any atom is 1.00 e. The molecular formula is C72H48Cl4Na12O36P4Ru2S12. The van der Waals surface area contributed by atoms with Crippen molar-refractivity contribution in [1.29, 1.82) is 0 Å². The third-order valence-corrected chi connectivity index (χ3v) is 35.9. The summed E-state index contributed by atoms with van der Waals surface area (Å²) in [6, 6.07) is 59.3. The molecule has 0 aliphatic heterocycles. The smallest absolute Gasteiger partial charge is 1.00 e. The average molecular weight is 2620 g/mol. The van der Waals surface area contributed by atoms with E-state index in [1.165, 1.54) is 146 Å². The standard InChI is InChI=1S/4C18H15O9PS3.4ClH.12Na.2Ru/c4*19-29(20,21)16-7-1-4-13(10-16)28(14-5-2-8-17(11-14)30(22,23)24)15-6-3-9-18(12-15)31(25,26)27;;;;;;;;;;;;;;;;;;/h4*1-12H,(H,19,20,21)(H,22,23,24)(H,25,26,27);4*1H;;;;;;;;;;;;;;/q;;;;;;;;12*+1;2*+2/p-16. The van der Waals surface area contributed by atoms with Gasteiger partial charge in [0.15, 0.2) is 0 Å². The zero-order chi connectivity index (χ0) is 97.5. The molecule has 700 valence electrons. The molecule has 0 saturated carbocycles. The Hall–Kier alpha value is 5.69. The third-order valence-electron chi connectivity index (χ3n) is 16.4. The molecule has 0 aromatic heterocycles. The van der Waals surface area contributed by atoms with Crippen LogP contribution in [0.5, 0.6) is 0 Å². The van der Waals surface area contributed by atoms with Gasteiger partial charge in [0.2, 0.25) is 0 Å². The van der Waals surface area contributed by atoms with Gasteiger partial charge in [0, 0.05) is 0 Å².